The molecule has 2 fully saturated rings. The third-order valence-electron chi connectivity index (χ3n) is 8.89. The lowest BCUT2D eigenvalue weighted by Crippen LogP contribution is -2.48. The monoisotopic (exact) mass is 553 g/mol. The van der Waals surface area contributed by atoms with Gasteiger partial charge >= 0.3 is 6.18 Å². The van der Waals surface area contributed by atoms with E-state index >= 15 is 0 Å². The zero-order valence-corrected chi connectivity index (χ0v) is 23.0. The largest absolute Gasteiger partial charge is 0.416 e. The fourth-order valence-electron chi connectivity index (χ4n) is 6.83. The number of benzene rings is 2. The van der Waals surface area contributed by atoms with Crippen molar-refractivity contribution in [2.45, 2.75) is 63.4 Å². The number of likely N-dealkylation sites (tertiary alicyclic amines) is 1. The molecule has 3 aromatic rings. The van der Waals surface area contributed by atoms with Crippen molar-refractivity contribution in [2.75, 3.05) is 25.1 Å². The van der Waals surface area contributed by atoms with Crippen LogP contribution in [0.4, 0.5) is 18.9 Å². The molecule has 2 aliphatic heterocycles. The quantitative estimate of drug-likeness (QED) is 0.414. The predicted molar refractivity (Wildman–Crippen MR) is 144 cm³/mol. The van der Waals surface area contributed by atoms with Crippen LogP contribution in [0.15, 0.2) is 42.7 Å². The summed E-state index contributed by atoms with van der Waals surface area (Å²) in [7, 11) is 3.57. The normalized spacial score (nSPS) is 25.2. The second kappa shape index (κ2) is 9.99. The highest BCUT2D eigenvalue weighted by atomic mass is 19.4. The van der Waals surface area contributed by atoms with Gasteiger partial charge in [-0.1, -0.05) is 19.1 Å². The maximum absolute atomic E-state index is 14.3. The molecular formula is C30H34F3N5O2. The number of halogens is 3. The molecule has 7 nitrogen and oxygen atoms in total. The average Bonchev–Trinajstić information content (AvgIpc) is 3.46. The van der Waals surface area contributed by atoms with Gasteiger partial charge in [-0.25, -0.2) is 0 Å². The van der Waals surface area contributed by atoms with E-state index in [0.29, 0.717) is 36.6 Å². The van der Waals surface area contributed by atoms with Gasteiger partial charge in [0.2, 0.25) is 0 Å². The zero-order valence-electron chi connectivity index (χ0n) is 23.0. The molecule has 10 heteroatoms. The number of methoxy groups -OCH3 is 1. The van der Waals surface area contributed by atoms with Crippen molar-refractivity contribution in [2.24, 2.45) is 13.0 Å². The SMILES string of the molecule is CO[C@H]1C[C@](c2cccc(N3Cc4c(cc(CN5CCC[C@H](C)C5)cc4C(F)(F)F)C3=O)c2)(c2nncn2C)C1. The van der Waals surface area contributed by atoms with Crippen LogP contribution >= 0.6 is 0 Å². The van der Waals surface area contributed by atoms with E-state index in [4.69, 9.17) is 4.74 Å². The molecule has 40 heavy (non-hydrogen) atoms. The lowest BCUT2D eigenvalue weighted by Gasteiger charge is -2.46. The summed E-state index contributed by atoms with van der Waals surface area (Å²) in [6.45, 7) is 4.16. The van der Waals surface area contributed by atoms with Gasteiger partial charge in [0.05, 0.1) is 23.6 Å². The summed E-state index contributed by atoms with van der Waals surface area (Å²) in [5.74, 6) is 0.905. The third-order valence-corrected chi connectivity index (χ3v) is 8.89. The Morgan fingerprint density at radius 1 is 1.18 bits per heavy atom. The predicted octanol–water partition coefficient (Wildman–Crippen LogP) is 5.32. The van der Waals surface area contributed by atoms with Gasteiger partial charge in [0.1, 0.15) is 12.2 Å². The maximum atomic E-state index is 14.3. The van der Waals surface area contributed by atoms with E-state index in [-0.39, 0.29) is 23.8 Å². The number of aromatic nitrogens is 3. The lowest BCUT2D eigenvalue weighted by molar-refractivity contribution is -0.138. The Bertz CT molecular complexity index is 1430. The van der Waals surface area contributed by atoms with E-state index in [2.05, 4.69) is 22.0 Å². The Balaban J connectivity index is 1.34. The van der Waals surface area contributed by atoms with Crippen molar-refractivity contribution in [3.05, 3.63) is 76.4 Å². The van der Waals surface area contributed by atoms with Gasteiger partial charge in [0.25, 0.3) is 5.91 Å². The highest BCUT2D eigenvalue weighted by molar-refractivity contribution is 6.10. The summed E-state index contributed by atoms with van der Waals surface area (Å²) < 4.78 is 50.3. The summed E-state index contributed by atoms with van der Waals surface area (Å²) in [6.07, 6.45) is 0.725. The van der Waals surface area contributed by atoms with Gasteiger partial charge in [-0.15, -0.1) is 10.2 Å². The molecule has 0 unspecified atom stereocenters. The van der Waals surface area contributed by atoms with Crippen LogP contribution in [0.2, 0.25) is 0 Å². The Hall–Kier alpha value is -3.24. The lowest BCUT2D eigenvalue weighted by atomic mass is 9.62. The van der Waals surface area contributed by atoms with Crippen molar-refractivity contribution < 1.29 is 22.7 Å². The first kappa shape index (κ1) is 27.0. The first-order chi connectivity index (χ1) is 19.1. The van der Waals surface area contributed by atoms with E-state index in [1.54, 1.807) is 25.6 Å². The molecule has 2 aromatic carbocycles. The van der Waals surface area contributed by atoms with Crippen LogP contribution in [0.3, 0.4) is 0 Å². The van der Waals surface area contributed by atoms with Crippen molar-refractivity contribution in [3.63, 3.8) is 0 Å². The van der Waals surface area contributed by atoms with Gasteiger partial charge in [-0.05, 0) is 79.1 Å². The summed E-state index contributed by atoms with van der Waals surface area (Å²) in [5, 5.41) is 8.45. The van der Waals surface area contributed by atoms with E-state index in [1.165, 1.54) is 11.0 Å². The first-order valence-electron chi connectivity index (χ1n) is 13.8. The topological polar surface area (TPSA) is 63.5 Å². The number of hydrogen-bond acceptors (Lipinski definition) is 5. The standard InChI is InChI=1S/C30H34F3N5O2/c1-19-6-5-9-37(15-19)16-20-10-24-25(26(11-20)30(31,32)33)17-38(27(24)39)22-8-4-7-21(12-22)29(13-23(14-29)40-3)28-35-34-18-36(28)2/h4,7-8,10-12,18-19,23H,5-6,9,13-17H2,1-3H3/t19-,23-,29-/m0/s1. The number of ether oxygens (including phenoxy) is 1. The first-order valence-corrected chi connectivity index (χ1v) is 13.8. The molecule has 1 saturated carbocycles. The smallest absolute Gasteiger partial charge is 0.381 e. The molecule has 1 amide bonds. The number of anilines is 1. The van der Waals surface area contributed by atoms with Gasteiger partial charge in [-0.2, -0.15) is 13.2 Å². The molecule has 1 saturated heterocycles. The van der Waals surface area contributed by atoms with Crippen LogP contribution in [0.25, 0.3) is 0 Å². The van der Waals surface area contributed by atoms with Gasteiger partial charge in [0.15, 0.2) is 0 Å². The molecule has 3 heterocycles. The summed E-state index contributed by atoms with van der Waals surface area (Å²) in [6, 6.07) is 10.4. The van der Waals surface area contributed by atoms with Crippen LogP contribution in [0.1, 0.15) is 71.0 Å². The molecular weight excluding hydrogens is 519 g/mol. The van der Waals surface area contributed by atoms with Crippen LogP contribution in [0.5, 0.6) is 0 Å². The Morgan fingerprint density at radius 3 is 2.65 bits per heavy atom. The molecule has 1 atom stereocenters. The molecule has 1 aromatic heterocycles. The highest BCUT2D eigenvalue weighted by Crippen LogP contribution is 2.50. The Labute approximate surface area is 231 Å². The van der Waals surface area contributed by atoms with E-state index in [1.807, 2.05) is 29.8 Å². The number of fused-ring (bicyclic) bond motifs is 1. The Kier molecular flexibility index (Phi) is 6.73. The fraction of sp³-hybridized carbons (Fsp3) is 0.500. The fourth-order valence-corrected chi connectivity index (χ4v) is 6.83. The minimum atomic E-state index is -4.55. The zero-order chi connectivity index (χ0) is 28.2. The van der Waals surface area contributed by atoms with Crippen molar-refractivity contribution in [3.8, 4) is 0 Å². The van der Waals surface area contributed by atoms with Gasteiger partial charge in [-0.3, -0.25) is 9.69 Å². The van der Waals surface area contributed by atoms with E-state index in [0.717, 1.165) is 37.3 Å². The van der Waals surface area contributed by atoms with Gasteiger partial charge < -0.3 is 14.2 Å². The number of nitrogens with zero attached hydrogens (tertiary/aromatic N) is 5. The highest BCUT2D eigenvalue weighted by Gasteiger charge is 2.50. The Morgan fingerprint density at radius 2 is 1.98 bits per heavy atom. The molecule has 6 rings (SSSR count). The number of alkyl halides is 3. The van der Waals surface area contributed by atoms with E-state index < -0.39 is 23.1 Å². The average molecular weight is 554 g/mol. The number of aryl methyl sites for hydroxylation is 1. The van der Waals surface area contributed by atoms with Crippen molar-refractivity contribution in [1.82, 2.24) is 19.7 Å². The third kappa shape index (κ3) is 4.60. The maximum Gasteiger partial charge on any atom is 0.416 e. The number of carbonyl (C=O) groups excluding carboxylic acids is 1. The second-order valence-corrected chi connectivity index (χ2v) is 11.7. The van der Waals surface area contributed by atoms with Crippen LogP contribution < -0.4 is 4.90 Å². The number of rotatable bonds is 6. The molecule has 212 valence electrons. The summed E-state index contributed by atoms with van der Waals surface area (Å²) >= 11 is 0. The second-order valence-electron chi connectivity index (χ2n) is 11.7. The molecule has 0 spiro atoms. The molecule has 3 aliphatic rings. The molecule has 1 aliphatic carbocycles. The van der Waals surface area contributed by atoms with Crippen molar-refractivity contribution in [1.29, 1.82) is 0 Å². The van der Waals surface area contributed by atoms with Crippen LogP contribution in [-0.2, 0) is 36.5 Å². The number of piperidine rings is 1. The van der Waals surface area contributed by atoms with Crippen LogP contribution in [-0.4, -0.2) is 51.9 Å². The summed E-state index contributed by atoms with van der Waals surface area (Å²) in [5.41, 5.74) is 1.07. The number of hydrogen-bond donors (Lipinski definition) is 0. The number of carbonyl (C=O) groups is 1. The molecule has 0 radical (unpaired) electrons. The van der Waals surface area contributed by atoms with Crippen molar-refractivity contribution >= 4 is 11.6 Å². The summed E-state index contributed by atoms with van der Waals surface area (Å²) in [4.78, 5) is 17.4. The minimum absolute atomic E-state index is 0.0461. The van der Waals surface area contributed by atoms with Crippen LogP contribution in [0, 0.1) is 5.92 Å². The molecule has 0 bridgehead atoms. The molecule has 0 N–H and O–H groups in total. The number of amides is 1. The minimum Gasteiger partial charge on any atom is -0.381 e. The van der Waals surface area contributed by atoms with Gasteiger partial charge in [0, 0.05) is 38.5 Å². The van der Waals surface area contributed by atoms with E-state index in [9.17, 15) is 18.0 Å².